The van der Waals surface area contributed by atoms with Crippen LogP contribution in [0.3, 0.4) is 0 Å². The van der Waals surface area contributed by atoms with Gasteiger partial charge in [-0.15, -0.1) is 0 Å². The van der Waals surface area contributed by atoms with E-state index in [4.69, 9.17) is 9.26 Å². The number of nitrogens with one attached hydrogen (secondary N) is 1. The highest BCUT2D eigenvalue weighted by atomic mass is 32.1. The maximum absolute atomic E-state index is 12.4. The molecule has 9 nitrogen and oxygen atoms in total. The summed E-state index contributed by atoms with van der Waals surface area (Å²) in [7, 11) is 0. The number of carbonyl (C=O) groups is 3. The molecule has 10 heteroatoms. The van der Waals surface area contributed by atoms with Crippen LogP contribution in [-0.2, 0) is 20.9 Å². The third kappa shape index (κ3) is 3.32. The molecule has 0 radical (unpaired) electrons. The highest BCUT2D eigenvalue weighted by Gasteiger charge is 2.49. The summed E-state index contributed by atoms with van der Waals surface area (Å²) in [5.41, 5.74) is -0.134. The van der Waals surface area contributed by atoms with E-state index in [2.05, 4.69) is 15.5 Å². The topological polar surface area (TPSA) is 115 Å². The summed E-state index contributed by atoms with van der Waals surface area (Å²) in [5.74, 6) is -0.607. The molecule has 0 atom stereocenters. The van der Waals surface area contributed by atoms with Gasteiger partial charge in [0.25, 0.3) is 11.8 Å². The Hall–Kier alpha value is -2.75. The lowest BCUT2D eigenvalue weighted by atomic mass is 9.93. The number of esters is 1. The number of hydrogen-bond acceptors (Lipinski definition) is 8. The summed E-state index contributed by atoms with van der Waals surface area (Å²) in [4.78, 5) is 41.5. The van der Waals surface area contributed by atoms with E-state index in [1.165, 1.54) is 11.3 Å². The van der Waals surface area contributed by atoms with Gasteiger partial charge in [0.2, 0.25) is 5.82 Å². The van der Waals surface area contributed by atoms with E-state index < -0.39 is 30.0 Å². The zero-order valence-electron chi connectivity index (χ0n) is 14.4. The first-order valence-electron chi connectivity index (χ1n) is 8.14. The van der Waals surface area contributed by atoms with Gasteiger partial charge in [0.15, 0.2) is 6.61 Å². The van der Waals surface area contributed by atoms with E-state index in [9.17, 15) is 14.4 Å². The Morgan fingerprint density at radius 2 is 2.15 bits per heavy atom. The highest BCUT2D eigenvalue weighted by molar-refractivity contribution is 7.08. The van der Waals surface area contributed by atoms with Crippen molar-refractivity contribution in [2.45, 2.75) is 38.8 Å². The highest BCUT2D eigenvalue weighted by Crippen LogP contribution is 2.24. The van der Waals surface area contributed by atoms with Crippen LogP contribution in [0.2, 0.25) is 0 Å². The van der Waals surface area contributed by atoms with Gasteiger partial charge >= 0.3 is 12.0 Å². The molecule has 1 N–H and O–H groups in total. The van der Waals surface area contributed by atoms with Crippen molar-refractivity contribution >= 4 is 29.2 Å². The van der Waals surface area contributed by atoms with Crippen molar-refractivity contribution in [1.82, 2.24) is 20.4 Å². The van der Waals surface area contributed by atoms with Gasteiger partial charge in [0.05, 0.1) is 0 Å². The van der Waals surface area contributed by atoms with Crippen LogP contribution in [0.5, 0.6) is 0 Å². The molecule has 1 aliphatic heterocycles. The van der Waals surface area contributed by atoms with Crippen LogP contribution in [0.1, 0.15) is 32.6 Å². The molecule has 1 saturated heterocycles. The molecule has 1 aliphatic rings. The minimum absolute atomic E-state index is 0.133. The Balaban J connectivity index is 1.56. The van der Waals surface area contributed by atoms with Crippen molar-refractivity contribution in [3.8, 4) is 11.4 Å². The lowest BCUT2D eigenvalue weighted by Crippen LogP contribution is -2.46. The molecule has 3 rings (SSSR count). The fraction of sp³-hybridized carbons (Fsp3) is 0.438. The molecular formula is C16H18N4O5S. The monoisotopic (exact) mass is 378 g/mol. The molecule has 3 heterocycles. The number of ether oxygens (including phenoxy) is 1. The minimum atomic E-state index is -0.945. The molecule has 0 saturated carbocycles. The first-order valence-corrected chi connectivity index (χ1v) is 9.08. The molecule has 2 aromatic rings. The minimum Gasteiger partial charge on any atom is -0.454 e. The van der Waals surface area contributed by atoms with Crippen LogP contribution in [0.15, 0.2) is 21.3 Å². The molecule has 138 valence electrons. The first kappa shape index (κ1) is 18.1. The van der Waals surface area contributed by atoms with Crippen molar-refractivity contribution in [2.75, 3.05) is 6.54 Å². The summed E-state index contributed by atoms with van der Waals surface area (Å²) in [6.45, 7) is 2.93. The van der Waals surface area contributed by atoms with E-state index in [0.717, 1.165) is 10.5 Å². The zero-order chi connectivity index (χ0) is 18.7. The van der Waals surface area contributed by atoms with Crippen LogP contribution in [0.4, 0.5) is 4.79 Å². The number of thiophene rings is 1. The lowest BCUT2D eigenvalue weighted by Gasteiger charge is -2.22. The number of carbonyl (C=O) groups excluding carboxylic acids is 3. The molecule has 0 unspecified atom stereocenters. The Bertz CT molecular complexity index is 812. The number of urea groups is 1. The second-order valence-corrected chi connectivity index (χ2v) is 6.58. The second-order valence-electron chi connectivity index (χ2n) is 5.80. The maximum atomic E-state index is 12.4. The van der Waals surface area contributed by atoms with Crippen molar-refractivity contribution in [3.05, 3.63) is 22.7 Å². The number of aromatic nitrogens is 2. The molecule has 1 fully saturated rings. The van der Waals surface area contributed by atoms with Crippen molar-refractivity contribution in [3.63, 3.8) is 0 Å². The van der Waals surface area contributed by atoms with Gasteiger partial charge in [-0.1, -0.05) is 19.0 Å². The van der Waals surface area contributed by atoms with Crippen LogP contribution >= 0.6 is 11.3 Å². The van der Waals surface area contributed by atoms with Crippen molar-refractivity contribution in [2.24, 2.45) is 0 Å². The average Bonchev–Trinajstić information content (AvgIpc) is 3.36. The maximum Gasteiger partial charge on any atom is 0.326 e. The van der Waals surface area contributed by atoms with Gasteiger partial charge in [-0.2, -0.15) is 16.3 Å². The van der Waals surface area contributed by atoms with E-state index >= 15 is 0 Å². The van der Waals surface area contributed by atoms with Gasteiger partial charge in [-0.05, 0) is 24.3 Å². The number of hydrogen-bond donors (Lipinski definition) is 1. The van der Waals surface area contributed by atoms with Gasteiger partial charge in [0, 0.05) is 10.9 Å². The third-order valence-corrected chi connectivity index (χ3v) is 5.03. The molecule has 0 aromatic carbocycles. The standard InChI is InChI=1S/C16H18N4O5S/c1-3-16(4-2)14(22)20(15(23)18-16)7-12(21)24-8-11-17-13(19-25-11)10-5-6-26-9-10/h5-6,9H,3-4,7-8H2,1-2H3,(H,18,23). The molecule has 26 heavy (non-hydrogen) atoms. The fourth-order valence-corrected chi connectivity index (χ4v) is 3.32. The molecule has 0 spiro atoms. The number of nitrogens with zero attached hydrogens (tertiary/aromatic N) is 3. The fourth-order valence-electron chi connectivity index (χ4n) is 2.69. The predicted octanol–water partition coefficient (Wildman–Crippen LogP) is 1.95. The Labute approximate surface area is 153 Å². The average molecular weight is 378 g/mol. The summed E-state index contributed by atoms with van der Waals surface area (Å²) >= 11 is 1.50. The van der Waals surface area contributed by atoms with E-state index in [0.29, 0.717) is 18.7 Å². The summed E-state index contributed by atoms with van der Waals surface area (Å²) in [6, 6.07) is 1.25. The SMILES string of the molecule is CCC1(CC)NC(=O)N(CC(=O)OCc2nc(-c3ccsc3)no2)C1=O. The molecule has 0 aliphatic carbocycles. The van der Waals surface area contributed by atoms with Crippen LogP contribution in [0.25, 0.3) is 11.4 Å². The lowest BCUT2D eigenvalue weighted by molar-refractivity contribution is -0.149. The van der Waals surface area contributed by atoms with E-state index in [1.807, 2.05) is 30.7 Å². The van der Waals surface area contributed by atoms with Gasteiger partial charge in [-0.25, -0.2) is 4.79 Å². The largest absolute Gasteiger partial charge is 0.454 e. The van der Waals surface area contributed by atoms with Gasteiger partial charge in [-0.3, -0.25) is 14.5 Å². The smallest absolute Gasteiger partial charge is 0.326 e. The molecule has 0 bridgehead atoms. The van der Waals surface area contributed by atoms with E-state index in [-0.39, 0.29) is 12.5 Å². The van der Waals surface area contributed by atoms with Crippen LogP contribution in [0, 0.1) is 0 Å². The van der Waals surface area contributed by atoms with Crippen molar-refractivity contribution in [1.29, 1.82) is 0 Å². The first-order chi connectivity index (χ1) is 12.5. The number of imide groups is 1. The van der Waals surface area contributed by atoms with Crippen LogP contribution in [-0.4, -0.2) is 45.0 Å². The second kappa shape index (κ2) is 7.24. The Morgan fingerprint density at radius 3 is 2.77 bits per heavy atom. The Morgan fingerprint density at radius 1 is 1.38 bits per heavy atom. The number of amides is 3. The number of rotatable bonds is 7. The zero-order valence-corrected chi connectivity index (χ0v) is 15.2. The van der Waals surface area contributed by atoms with Gasteiger partial charge in [0.1, 0.15) is 12.1 Å². The summed E-state index contributed by atoms with van der Waals surface area (Å²) in [5, 5.41) is 10.2. The third-order valence-electron chi connectivity index (χ3n) is 4.34. The molecular weight excluding hydrogens is 360 g/mol. The summed E-state index contributed by atoms with van der Waals surface area (Å²) < 4.78 is 10.1. The van der Waals surface area contributed by atoms with Crippen LogP contribution < -0.4 is 5.32 Å². The quantitative estimate of drug-likeness (QED) is 0.578. The predicted molar refractivity (Wildman–Crippen MR) is 91.0 cm³/mol. The van der Waals surface area contributed by atoms with Gasteiger partial charge < -0.3 is 14.6 Å². The van der Waals surface area contributed by atoms with E-state index in [1.54, 1.807) is 0 Å². The molecule has 3 amide bonds. The Kier molecular flexibility index (Phi) is 5.03. The summed E-state index contributed by atoms with van der Waals surface area (Å²) in [6.07, 6.45) is 0.903. The normalized spacial score (nSPS) is 16.0. The van der Waals surface area contributed by atoms with Crippen molar-refractivity contribution < 1.29 is 23.6 Å². The molecule has 2 aromatic heterocycles.